The van der Waals surface area contributed by atoms with E-state index in [1.54, 1.807) is 0 Å². The third-order valence-corrected chi connectivity index (χ3v) is 9.50. The highest BCUT2D eigenvalue weighted by atomic mass is 16.3. The first-order valence-electron chi connectivity index (χ1n) is 15.0. The molecule has 5 heterocycles. The first kappa shape index (κ1) is 27.9. The summed E-state index contributed by atoms with van der Waals surface area (Å²) < 4.78 is 0. The zero-order valence-electron chi connectivity index (χ0n) is 23.9. The summed E-state index contributed by atoms with van der Waals surface area (Å²) in [6, 6.07) is 6.19. The fourth-order valence-corrected chi connectivity index (χ4v) is 7.06. The molecule has 220 valence electrons. The van der Waals surface area contributed by atoms with Crippen LogP contribution in [0, 0.1) is 5.92 Å². The maximum atomic E-state index is 13.6. The zero-order valence-corrected chi connectivity index (χ0v) is 23.9. The van der Waals surface area contributed by atoms with Crippen LogP contribution < -0.4 is 26.2 Å². The van der Waals surface area contributed by atoms with E-state index >= 15 is 0 Å². The molecule has 1 aromatic rings. The molecular weight excluding hydrogens is 508 g/mol. The predicted molar refractivity (Wildman–Crippen MR) is 155 cm³/mol. The number of hydrazine groups is 1. The highest BCUT2D eigenvalue weighted by molar-refractivity contribution is 5.82. The first-order valence-corrected chi connectivity index (χ1v) is 15.0. The Bertz CT molecular complexity index is 1090. The Hall–Kier alpha value is -2.25. The number of rotatable bonds is 4. The van der Waals surface area contributed by atoms with Crippen LogP contribution in [0.1, 0.15) is 44.6 Å². The molecule has 5 aliphatic rings. The molecule has 4 fully saturated rings. The summed E-state index contributed by atoms with van der Waals surface area (Å²) in [5.74, 6) is -0.0770. The normalized spacial score (nSPS) is 36.5. The number of likely N-dealkylation sites (N-methyl/N-ethyl adjacent to an activating group) is 1. The number of aliphatic hydroxyl groups excluding tert-OH is 1. The van der Waals surface area contributed by atoms with Gasteiger partial charge in [-0.25, -0.2) is 0 Å². The number of nitrogens with one attached hydrogen (secondary N) is 4. The second kappa shape index (κ2) is 11.6. The Labute approximate surface area is 237 Å². The molecule has 6 atom stereocenters. The predicted octanol–water partition coefficient (Wildman–Crippen LogP) is 0.390. The van der Waals surface area contributed by atoms with Gasteiger partial charge in [-0.05, 0) is 64.3 Å². The summed E-state index contributed by atoms with van der Waals surface area (Å²) in [5.41, 5.74) is 2.12. The summed E-state index contributed by atoms with van der Waals surface area (Å²) >= 11 is 0. The van der Waals surface area contributed by atoms with Crippen molar-refractivity contribution in [1.82, 2.24) is 30.9 Å². The number of hydrogen-bond acceptors (Lipinski definition) is 10. The van der Waals surface area contributed by atoms with Gasteiger partial charge in [-0.2, -0.15) is 5.01 Å². The molecule has 2 bridgehead atoms. The van der Waals surface area contributed by atoms with E-state index in [9.17, 15) is 15.0 Å². The number of hydrogen-bond donors (Lipinski definition) is 6. The number of fused-ring (bicyclic) bond motifs is 6. The van der Waals surface area contributed by atoms with Crippen molar-refractivity contribution in [3.63, 3.8) is 0 Å². The Balaban J connectivity index is 1.19. The van der Waals surface area contributed by atoms with Crippen LogP contribution in [0.25, 0.3) is 0 Å². The fraction of sp³-hybridized carbons (Fsp3) is 0.690. The molecule has 4 saturated heterocycles. The lowest BCUT2D eigenvalue weighted by atomic mass is 9.85. The quantitative estimate of drug-likeness (QED) is 0.292. The molecule has 0 saturated carbocycles. The van der Waals surface area contributed by atoms with Crippen molar-refractivity contribution >= 4 is 17.3 Å². The Morgan fingerprint density at radius 3 is 2.75 bits per heavy atom. The summed E-state index contributed by atoms with van der Waals surface area (Å²) in [7, 11) is 2.14. The van der Waals surface area contributed by atoms with Crippen molar-refractivity contribution in [3.05, 3.63) is 35.9 Å². The molecule has 11 heteroatoms. The largest absolute Gasteiger partial charge is 0.392 e. The highest BCUT2D eigenvalue weighted by Crippen LogP contribution is 2.34. The van der Waals surface area contributed by atoms with Crippen LogP contribution in [-0.4, -0.2) is 108 Å². The van der Waals surface area contributed by atoms with E-state index in [1.807, 2.05) is 18.0 Å². The van der Waals surface area contributed by atoms with Crippen LogP contribution in [0.3, 0.4) is 0 Å². The van der Waals surface area contributed by atoms with Crippen molar-refractivity contribution in [2.24, 2.45) is 5.92 Å². The number of nitrogens with zero attached hydrogens (tertiary/aromatic N) is 4. The van der Waals surface area contributed by atoms with Crippen LogP contribution in [0.15, 0.2) is 30.4 Å². The minimum Gasteiger partial charge on any atom is -0.392 e. The van der Waals surface area contributed by atoms with Gasteiger partial charge >= 0.3 is 0 Å². The molecule has 5 aliphatic heterocycles. The lowest BCUT2D eigenvalue weighted by Gasteiger charge is -2.47. The third-order valence-electron chi connectivity index (χ3n) is 9.50. The topological polar surface area (TPSA) is 119 Å². The molecule has 0 radical (unpaired) electrons. The maximum absolute atomic E-state index is 13.6. The number of aliphatic hydroxyl groups is 2. The number of anilines is 2. The second-order valence-electron chi connectivity index (χ2n) is 12.3. The van der Waals surface area contributed by atoms with Crippen molar-refractivity contribution in [1.29, 1.82) is 0 Å². The number of benzene rings is 1. The number of carbonyl (C=O) groups excluding carboxylic acids is 1. The van der Waals surface area contributed by atoms with Gasteiger partial charge in [-0.1, -0.05) is 12.2 Å². The summed E-state index contributed by atoms with van der Waals surface area (Å²) in [4.78, 5) is 18.3. The zero-order chi connectivity index (χ0) is 27.9. The smallest absolute Gasteiger partial charge is 0.244 e. The SMILES string of the molecule is CN1CCN(c2ccc(NC3NCC4C(=O)N5C/C=C\CC[C@](C)(O)C6CCCC(N6)N5C4N3)cc2CO)CC1. The van der Waals surface area contributed by atoms with Gasteiger partial charge in [0.1, 0.15) is 6.29 Å². The molecule has 1 amide bonds. The molecule has 0 spiro atoms. The van der Waals surface area contributed by atoms with Gasteiger partial charge in [0.2, 0.25) is 5.91 Å². The van der Waals surface area contributed by atoms with Gasteiger partial charge < -0.3 is 25.3 Å². The van der Waals surface area contributed by atoms with E-state index < -0.39 is 5.60 Å². The van der Waals surface area contributed by atoms with E-state index in [-0.39, 0.29) is 43.1 Å². The standard InChI is InChI=1S/C29H46N8O3/c1-29(40)11-4-3-5-12-36-27(39)22-18-30-28(33-26(22)37(36)25-8-6-7-24(29)32-25)31-21-9-10-23(20(17-21)19-38)35-15-13-34(2)14-16-35/h3,5,9-10,17,22,24-26,28,30-33,38,40H,4,6-8,11-16,18-19H2,1-2H3/b5-3-/t22?,24?,25?,26?,28?,29-/m0/s1. The van der Waals surface area contributed by atoms with Crippen LogP contribution in [0.2, 0.25) is 0 Å². The third kappa shape index (κ3) is 5.48. The van der Waals surface area contributed by atoms with Gasteiger partial charge in [0.15, 0.2) is 0 Å². The van der Waals surface area contributed by atoms with Crippen molar-refractivity contribution < 1.29 is 15.0 Å². The molecular formula is C29H46N8O3. The molecule has 0 aromatic heterocycles. The van der Waals surface area contributed by atoms with E-state index in [1.165, 1.54) is 0 Å². The van der Waals surface area contributed by atoms with E-state index in [0.717, 1.165) is 68.8 Å². The summed E-state index contributed by atoms with van der Waals surface area (Å²) in [6.07, 6.45) is 8.05. The molecule has 0 aliphatic carbocycles. The lowest BCUT2D eigenvalue weighted by Crippen LogP contribution is -2.69. The van der Waals surface area contributed by atoms with Crippen LogP contribution in [0.4, 0.5) is 11.4 Å². The van der Waals surface area contributed by atoms with Crippen molar-refractivity contribution in [3.8, 4) is 0 Å². The molecule has 6 N–H and O–H groups in total. The van der Waals surface area contributed by atoms with Gasteiger partial charge in [0, 0.05) is 55.7 Å². The van der Waals surface area contributed by atoms with Crippen molar-refractivity contribution in [2.75, 3.05) is 56.5 Å². The van der Waals surface area contributed by atoms with Gasteiger partial charge in [-0.15, -0.1) is 0 Å². The molecule has 6 rings (SSSR count). The molecule has 11 nitrogen and oxygen atoms in total. The van der Waals surface area contributed by atoms with Crippen LogP contribution in [-0.2, 0) is 11.4 Å². The van der Waals surface area contributed by atoms with E-state index in [4.69, 9.17) is 0 Å². The van der Waals surface area contributed by atoms with Gasteiger partial charge in [0.25, 0.3) is 0 Å². The van der Waals surface area contributed by atoms with E-state index in [0.29, 0.717) is 19.5 Å². The molecule has 1 aromatic carbocycles. The van der Waals surface area contributed by atoms with Gasteiger partial charge in [-0.3, -0.25) is 25.8 Å². The highest BCUT2D eigenvalue weighted by Gasteiger charge is 2.52. The maximum Gasteiger partial charge on any atom is 0.244 e. The van der Waals surface area contributed by atoms with Crippen LogP contribution in [0.5, 0.6) is 0 Å². The lowest BCUT2D eigenvalue weighted by molar-refractivity contribution is -0.146. The summed E-state index contributed by atoms with van der Waals surface area (Å²) in [5, 5.41) is 39.9. The average molecular weight is 555 g/mol. The number of allylic oxidation sites excluding steroid dienone is 1. The minimum absolute atomic E-state index is 0.0138. The van der Waals surface area contributed by atoms with Crippen LogP contribution >= 0.6 is 0 Å². The fourth-order valence-electron chi connectivity index (χ4n) is 7.06. The summed E-state index contributed by atoms with van der Waals surface area (Å²) in [6.45, 7) is 6.94. The number of piperidine rings is 1. The van der Waals surface area contributed by atoms with Crippen molar-refractivity contribution in [2.45, 2.75) is 75.9 Å². The van der Waals surface area contributed by atoms with Gasteiger partial charge in [0.05, 0.1) is 37.0 Å². The number of carbonyl (C=O) groups is 1. The first-order chi connectivity index (χ1) is 19.3. The number of piperazine rings is 1. The molecule has 40 heavy (non-hydrogen) atoms. The Kier molecular flexibility index (Phi) is 8.06. The average Bonchev–Trinajstić information content (AvgIpc) is 3.23. The second-order valence-corrected chi connectivity index (χ2v) is 12.3. The van der Waals surface area contributed by atoms with E-state index in [2.05, 4.69) is 67.4 Å². The number of amides is 1. The monoisotopic (exact) mass is 554 g/mol. The Morgan fingerprint density at radius 2 is 1.95 bits per heavy atom. The molecule has 5 unspecified atom stereocenters. The Morgan fingerprint density at radius 1 is 1.12 bits per heavy atom. The minimum atomic E-state index is -0.798.